The molecule has 2 nitrogen and oxygen atoms in total. The molecular formula is C13H29NOSi. The molecule has 1 N–H and O–H groups in total. The van der Waals surface area contributed by atoms with E-state index in [1.807, 2.05) is 0 Å². The van der Waals surface area contributed by atoms with Crippen molar-refractivity contribution in [2.24, 2.45) is 0 Å². The summed E-state index contributed by atoms with van der Waals surface area (Å²) in [7, 11) is -1.54. The average Bonchev–Trinajstić information content (AvgIpc) is 2.50. The Balaban J connectivity index is 2.35. The molecular weight excluding hydrogens is 214 g/mol. The van der Waals surface area contributed by atoms with Crippen molar-refractivity contribution >= 4 is 8.32 Å². The molecule has 0 amide bonds. The molecule has 0 spiro atoms. The smallest absolute Gasteiger partial charge is 0.191 e. The molecule has 96 valence electrons. The minimum Gasteiger partial charge on any atom is -0.417 e. The highest BCUT2D eigenvalue weighted by Crippen LogP contribution is 2.37. The number of rotatable bonds is 4. The first-order valence-corrected chi connectivity index (χ1v) is 9.46. The van der Waals surface area contributed by atoms with Crippen molar-refractivity contribution in [3.05, 3.63) is 0 Å². The van der Waals surface area contributed by atoms with E-state index < -0.39 is 8.32 Å². The molecule has 16 heavy (non-hydrogen) atoms. The van der Waals surface area contributed by atoms with E-state index >= 15 is 0 Å². The molecule has 0 aliphatic carbocycles. The van der Waals surface area contributed by atoms with Crippen LogP contribution < -0.4 is 5.32 Å². The van der Waals surface area contributed by atoms with Gasteiger partial charge in [-0.1, -0.05) is 20.8 Å². The van der Waals surface area contributed by atoms with E-state index in [1.165, 1.54) is 19.4 Å². The number of hydrogen-bond acceptors (Lipinski definition) is 2. The van der Waals surface area contributed by atoms with E-state index in [-0.39, 0.29) is 0 Å². The van der Waals surface area contributed by atoms with Gasteiger partial charge in [-0.2, -0.15) is 0 Å². The summed E-state index contributed by atoms with van der Waals surface area (Å²) in [4.78, 5) is 0. The molecule has 1 atom stereocenters. The molecule has 0 saturated carbocycles. The molecule has 0 aromatic rings. The Kier molecular flexibility index (Phi) is 4.25. The van der Waals surface area contributed by atoms with Crippen LogP contribution in [0.4, 0.5) is 0 Å². The van der Waals surface area contributed by atoms with Crippen molar-refractivity contribution in [1.82, 2.24) is 5.32 Å². The Morgan fingerprint density at radius 3 is 2.38 bits per heavy atom. The predicted octanol–water partition coefficient (Wildman–Crippen LogP) is 3.54. The third kappa shape index (κ3) is 3.57. The average molecular weight is 243 g/mol. The van der Waals surface area contributed by atoms with Crippen molar-refractivity contribution < 1.29 is 4.43 Å². The molecule has 3 heteroatoms. The van der Waals surface area contributed by atoms with Crippen LogP contribution in [0.3, 0.4) is 0 Å². The highest BCUT2D eigenvalue weighted by molar-refractivity contribution is 6.74. The van der Waals surface area contributed by atoms with Crippen molar-refractivity contribution in [3.8, 4) is 0 Å². The fraction of sp³-hybridized carbons (Fsp3) is 1.00. The van der Waals surface area contributed by atoms with Gasteiger partial charge in [-0.05, 0) is 50.9 Å². The van der Waals surface area contributed by atoms with Crippen LogP contribution >= 0.6 is 0 Å². The highest BCUT2D eigenvalue weighted by Gasteiger charge is 2.37. The summed E-state index contributed by atoms with van der Waals surface area (Å²) < 4.78 is 6.22. The molecule has 0 bridgehead atoms. The van der Waals surface area contributed by atoms with E-state index in [4.69, 9.17) is 4.43 Å². The lowest BCUT2D eigenvalue weighted by molar-refractivity contribution is 0.234. The Morgan fingerprint density at radius 2 is 1.94 bits per heavy atom. The van der Waals surface area contributed by atoms with Gasteiger partial charge in [0.1, 0.15) is 0 Å². The van der Waals surface area contributed by atoms with Crippen LogP contribution in [-0.4, -0.2) is 27.0 Å². The van der Waals surface area contributed by atoms with Crippen LogP contribution in [0.15, 0.2) is 0 Å². The SMILES string of the molecule is CC1(CCO[Si](C)(C)C(C)(C)C)CCCN1. The molecule has 1 rings (SSSR count). The zero-order valence-corrected chi connectivity index (χ0v) is 12.9. The minimum atomic E-state index is -1.54. The lowest BCUT2D eigenvalue weighted by Crippen LogP contribution is -2.43. The second-order valence-electron chi connectivity index (χ2n) is 6.95. The zero-order valence-electron chi connectivity index (χ0n) is 11.9. The first-order chi connectivity index (χ1) is 7.16. The molecule has 1 aliphatic heterocycles. The van der Waals surface area contributed by atoms with Crippen LogP contribution in [0.5, 0.6) is 0 Å². The van der Waals surface area contributed by atoms with Crippen molar-refractivity contribution in [2.75, 3.05) is 13.2 Å². The predicted molar refractivity (Wildman–Crippen MR) is 73.4 cm³/mol. The standard InChI is InChI=1S/C13H29NOSi/c1-12(2,3)16(5,6)15-11-9-13(4)8-7-10-14-13/h14H,7-11H2,1-6H3. The van der Waals surface area contributed by atoms with Gasteiger partial charge in [0.05, 0.1) is 0 Å². The van der Waals surface area contributed by atoms with Gasteiger partial charge in [-0.3, -0.25) is 0 Å². The molecule has 1 fully saturated rings. The van der Waals surface area contributed by atoms with Crippen LogP contribution in [0.1, 0.15) is 47.0 Å². The summed E-state index contributed by atoms with van der Waals surface area (Å²) in [6, 6.07) is 0. The second kappa shape index (κ2) is 4.79. The molecule has 0 aromatic carbocycles. The van der Waals surface area contributed by atoms with Crippen molar-refractivity contribution in [1.29, 1.82) is 0 Å². The monoisotopic (exact) mass is 243 g/mol. The van der Waals surface area contributed by atoms with Gasteiger partial charge in [0.25, 0.3) is 0 Å². The molecule has 0 aromatic heterocycles. The van der Waals surface area contributed by atoms with Crippen LogP contribution in [0, 0.1) is 0 Å². The third-order valence-corrected chi connectivity index (χ3v) is 8.92. The molecule has 1 unspecified atom stereocenters. The molecule has 0 radical (unpaired) electrons. The Bertz CT molecular complexity index is 227. The number of hydrogen-bond donors (Lipinski definition) is 1. The van der Waals surface area contributed by atoms with Gasteiger partial charge < -0.3 is 9.74 Å². The summed E-state index contributed by atoms with van der Waals surface area (Å²) in [6.07, 6.45) is 3.77. The maximum absolute atomic E-state index is 6.22. The van der Waals surface area contributed by atoms with Crippen molar-refractivity contribution in [2.45, 2.75) is 70.6 Å². The lowest BCUT2D eigenvalue weighted by atomic mass is 9.97. The Morgan fingerprint density at radius 1 is 1.31 bits per heavy atom. The maximum Gasteiger partial charge on any atom is 0.191 e. The third-order valence-electron chi connectivity index (χ3n) is 4.38. The zero-order chi connectivity index (χ0) is 12.4. The van der Waals surface area contributed by atoms with Gasteiger partial charge in [-0.25, -0.2) is 0 Å². The fourth-order valence-corrected chi connectivity index (χ4v) is 2.96. The van der Waals surface area contributed by atoms with Gasteiger partial charge in [-0.15, -0.1) is 0 Å². The lowest BCUT2D eigenvalue weighted by Gasteiger charge is -2.37. The summed E-state index contributed by atoms with van der Waals surface area (Å²) in [5.74, 6) is 0. The number of nitrogens with one attached hydrogen (secondary N) is 1. The van der Waals surface area contributed by atoms with E-state index in [1.54, 1.807) is 0 Å². The van der Waals surface area contributed by atoms with Crippen LogP contribution in [-0.2, 0) is 4.43 Å². The highest BCUT2D eigenvalue weighted by atomic mass is 28.4. The summed E-state index contributed by atoms with van der Waals surface area (Å²) >= 11 is 0. The quantitative estimate of drug-likeness (QED) is 0.763. The van der Waals surface area contributed by atoms with E-state index in [0.29, 0.717) is 10.6 Å². The van der Waals surface area contributed by atoms with Gasteiger partial charge in [0.2, 0.25) is 0 Å². The van der Waals surface area contributed by atoms with Crippen LogP contribution in [0.2, 0.25) is 18.1 Å². The largest absolute Gasteiger partial charge is 0.417 e. The summed E-state index contributed by atoms with van der Waals surface area (Å²) in [5.41, 5.74) is 0.336. The summed E-state index contributed by atoms with van der Waals surface area (Å²) in [6.45, 7) is 16.0. The Hall–Kier alpha value is 0.137. The normalized spacial score (nSPS) is 27.4. The first-order valence-electron chi connectivity index (χ1n) is 6.55. The molecule has 1 saturated heterocycles. The fourth-order valence-electron chi connectivity index (χ4n) is 1.92. The van der Waals surface area contributed by atoms with Gasteiger partial charge in [0.15, 0.2) is 8.32 Å². The maximum atomic E-state index is 6.22. The van der Waals surface area contributed by atoms with Crippen LogP contribution in [0.25, 0.3) is 0 Å². The van der Waals surface area contributed by atoms with E-state index in [9.17, 15) is 0 Å². The molecule has 1 heterocycles. The van der Waals surface area contributed by atoms with Gasteiger partial charge in [0, 0.05) is 12.1 Å². The minimum absolute atomic E-state index is 0.330. The van der Waals surface area contributed by atoms with E-state index in [0.717, 1.165) is 13.0 Å². The topological polar surface area (TPSA) is 21.3 Å². The van der Waals surface area contributed by atoms with Crippen molar-refractivity contribution in [3.63, 3.8) is 0 Å². The summed E-state index contributed by atoms with van der Waals surface area (Å²) in [5, 5.41) is 3.92. The van der Waals surface area contributed by atoms with E-state index in [2.05, 4.69) is 46.1 Å². The second-order valence-corrected chi connectivity index (χ2v) is 11.8. The first kappa shape index (κ1) is 14.2. The Labute approximate surface area is 102 Å². The molecule has 1 aliphatic rings. The van der Waals surface area contributed by atoms with Gasteiger partial charge >= 0.3 is 0 Å².